The molecule has 150 valence electrons. The number of hydrogen-bond donors (Lipinski definition) is 3. The molecule has 0 fully saturated rings. The molecule has 8 nitrogen and oxygen atoms in total. The first-order chi connectivity index (χ1) is 14.0. The summed E-state index contributed by atoms with van der Waals surface area (Å²) >= 11 is 0. The van der Waals surface area contributed by atoms with E-state index in [0.29, 0.717) is 12.2 Å². The van der Waals surface area contributed by atoms with Crippen LogP contribution in [0.5, 0.6) is 0 Å². The SMILES string of the molecule is O=C(O)c1ccc2nc(C(=O)NCC(O)CN3CCc4ccccc4C3)cn2c1. The highest BCUT2D eigenvalue weighted by Crippen LogP contribution is 2.18. The van der Waals surface area contributed by atoms with E-state index in [2.05, 4.69) is 27.3 Å². The van der Waals surface area contributed by atoms with Crippen LogP contribution in [0.15, 0.2) is 48.8 Å². The van der Waals surface area contributed by atoms with Gasteiger partial charge in [-0.25, -0.2) is 9.78 Å². The van der Waals surface area contributed by atoms with Gasteiger partial charge >= 0.3 is 5.97 Å². The Bertz CT molecular complexity index is 1060. The fraction of sp³-hybridized carbons (Fsp3) is 0.286. The Morgan fingerprint density at radius 3 is 2.72 bits per heavy atom. The smallest absolute Gasteiger partial charge is 0.337 e. The predicted molar refractivity (Wildman–Crippen MR) is 106 cm³/mol. The number of carboxylic acid groups (broad SMARTS) is 1. The van der Waals surface area contributed by atoms with E-state index in [4.69, 9.17) is 5.11 Å². The maximum absolute atomic E-state index is 12.4. The first kappa shape index (κ1) is 19.1. The summed E-state index contributed by atoms with van der Waals surface area (Å²) in [6.07, 6.45) is 3.14. The van der Waals surface area contributed by atoms with E-state index >= 15 is 0 Å². The van der Waals surface area contributed by atoms with E-state index < -0.39 is 18.0 Å². The van der Waals surface area contributed by atoms with E-state index in [9.17, 15) is 14.7 Å². The number of carbonyl (C=O) groups excluding carboxylic acids is 1. The predicted octanol–water partition coefficient (Wildman–Crippen LogP) is 1.18. The van der Waals surface area contributed by atoms with Crippen LogP contribution in [-0.2, 0) is 13.0 Å². The van der Waals surface area contributed by atoms with Crippen LogP contribution in [0.3, 0.4) is 0 Å². The maximum atomic E-state index is 12.4. The Kier molecular flexibility index (Phi) is 5.28. The average molecular weight is 394 g/mol. The van der Waals surface area contributed by atoms with Gasteiger partial charge in [0.05, 0.1) is 11.7 Å². The number of carbonyl (C=O) groups is 2. The molecule has 0 bridgehead atoms. The van der Waals surface area contributed by atoms with Crippen molar-refractivity contribution in [2.45, 2.75) is 19.1 Å². The largest absolute Gasteiger partial charge is 0.478 e. The van der Waals surface area contributed by atoms with Gasteiger partial charge in [-0.2, -0.15) is 0 Å². The number of aliphatic hydroxyl groups is 1. The van der Waals surface area contributed by atoms with Crippen LogP contribution >= 0.6 is 0 Å². The molecule has 8 heteroatoms. The topological polar surface area (TPSA) is 107 Å². The number of nitrogens with zero attached hydrogens (tertiary/aromatic N) is 3. The molecular weight excluding hydrogens is 372 g/mol. The molecule has 4 rings (SSSR count). The van der Waals surface area contributed by atoms with E-state index in [1.165, 1.54) is 34.0 Å². The lowest BCUT2D eigenvalue weighted by atomic mass is 10.00. The second kappa shape index (κ2) is 8.02. The summed E-state index contributed by atoms with van der Waals surface area (Å²) in [7, 11) is 0. The van der Waals surface area contributed by atoms with Gasteiger partial charge in [-0.15, -0.1) is 0 Å². The number of benzene rings is 1. The third-order valence-electron chi connectivity index (χ3n) is 5.11. The highest BCUT2D eigenvalue weighted by molar-refractivity contribution is 5.93. The van der Waals surface area contributed by atoms with Gasteiger partial charge in [0.1, 0.15) is 11.3 Å². The molecule has 3 heterocycles. The van der Waals surface area contributed by atoms with Crippen LogP contribution < -0.4 is 5.32 Å². The number of hydrogen-bond acceptors (Lipinski definition) is 5. The molecule has 2 aromatic heterocycles. The Hall–Kier alpha value is -3.23. The Morgan fingerprint density at radius 2 is 1.93 bits per heavy atom. The molecule has 0 aliphatic carbocycles. The quantitative estimate of drug-likeness (QED) is 0.580. The van der Waals surface area contributed by atoms with Crippen molar-refractivity contribution >= 4 is 17.5 Å². The molecule has 0 radical (unpaired) electrons. The molecule has 1 amide bonds. The maximum Gasteiger partial charge on any atom is 0.337 e. The first-order valence-electron chi connectivity index (χ1n) is 9.47. The van der Waals surface area contributed by atoms with Gasteiger partial charge in [-0.3, -0.25) is 9.69 Å². The monoisotopic (exact) mass is 394 g/mol. The summed E-state index contributed by atoms with van der Waals surface area (Å²) in [6, 6.07) is 11.3. The number of fused-ring (bicyclic) bond motifs is 2. The van der Waals surface area contributed by atoms with Gasteiger partial charge in [-0.05, 0) is 29.7 Å². The normalized spacial score (nSPS) is 15.1. The highest BCUT2D eigenvalue weighted by Gasteiger charge is 2.19. The number of β-amino-alcohol motifs (C(OH)–C–C–N with tert-alkyl or cyclic N) is 1. The fourth-order valence-electron chi connectivity index (χ4n) is 3.60. The number of imidazole rings is 1. The second-order valence-corrected chi connectivity index (χ2v) is 7.23. The van der Waals surface area contributed by atoms with Crippen molar-refractivity contribution in [1.29, 1.82) is 0 Å². The number of nitrogens with one attached hydrogen (secondary N) is 1. The zero-order valence-corrected chi connectivity index (χ0v) is 15.8. The van der Waals surface area contributed by atoms with Gasteiger partial charge in [-0.1, -0.05) is 24.3 Å². The molecule has 0 saturated heterocycles. The number of aromatic carboxylic acids is 1. The van der Waals surface area contributed by atoms with E-state index in [1.54, 1.807) is 6.07 Å². The molecule has 1 atom stereocenters. The molecular formula is C21H22N4O4. The molecule has 3 N–H and O–H groups in total. The minimum atomic E-state index is -1.05. The summed E-state index contributed by atoms with van der Waals surface area (Å²) in [5, 5.41) is 22.1. The number of aromatic nitrogens is 2. The van der Waals surface area contributed by atoms with Crippen molar-refractivity contribution in [3.8, 4) is 0 Å². The van der Waals surface area contributed by atoms with Crippen molar-refractivity contribution in [2.24, 2.45) is 0 Å². The number of amides is 1. The molecule has 3 aromatic rings. The Labute approximate surface area is 167 Å². The zero-order valence-electron chi connectivity index (χ0n) is 15.8. The van der Waals surface area contributed by atoms with E-state index in [-0.39, 0.29) is 17.8 Å². The summed E-state index contributed by atoms with van der Waals surface area (Å²) in [5.41, 5.74) is 3.39. The Balaban J connectivity index is 1.32. The van der Waals surface area contributed by atoms with Gasteiger partial charge in [0.2, 0.25) is 0 Å². The van der Waals surface area contributed by atoms with Crippen molar-refractivity contribution in [3.05, 3.63) is 71.2 Å². The average Bonchev–Trinajstić information content (AvgIpc) is 3.15. The molecule has 29 heavy (non-hydrogen) atoms. The van der Waals surface area contributed by atoms with Gasteiger partial charge in [0, 0.05) is 38.6 Å². The van der Waals surface area contributed by atoms with Crippen LogP contribution in [0.2, 0.25) is 0 Å². The van der Waals surface area contributed by atoms with Gasteiger partial charge < -0.3 is 19.9 Å². The van der Waals surface area contributed by atoms with Crippen LogP contribution in [0.25, 0.3) is 5.65 Å². The summed E-state index contributed by atoms with van der Waals surface area (Å²) in [6.45, 7) is 2.26. The second-order valence-electron chi connectivity index (χ2n) is 7.23. The molecule has 0 saturated carbocycles. The number of carboxylic acids is 1. The molecule has 1 aromatic carbocycles. The number of rotatable bonds is 6. The standard InChI is InChI=1S/C21H22N4O4/c26-17(12-24-8-7-14-3-1-2-4-15(14)10-24)9-22-20(27)18-13-25-11-16(21(28)29)5-6-19(25)23-18/h1-6,11,13,17,26H,7-10,12H2,(H,22,27)(H,28,29). The number of aliphatic hydroxyl groups excluding tert-OH is 1. The third kappa shape index (κ3) is 4.28. The van der Waals surface area contributed by atoms with Crippen molar-refractivity contribution in [2.75, 3.05) is 19.6 Å². The van der Waals surface area contributed by atoms with E-state index in [0.717, 1.165) is 19.5 Å². The number of pyridine rings is 1. The lowest BCUT2D eigenvalue weighted by molar-refractivity contribution is 0.0696. The van der Waals surface area contributed by atoms with Crippen LogP contribution in [0, 0.1) is 0 Å². The fourth-order valence-corrected chi connectivity index (χ4v) is 3.60. The molecule has 1 aliphatic heterocycles. The lowest BCUT2D eigenvalue weighted by Crippen LogP contribution is -2.42. The molecule has 1 unspecified atom stereocenters. The van der Waals surface area contributed by atoms with Crippen LogP contribution in [0.1, 0.15) is 32.0 Å². The first-order valence-corrected chi connectivity index (χ1v) is 9.47. The van der Waals surface area contributed by atoms with Crippen LogP contribution in [0.4, 0.5) is 0 Å². The minimum absolute atomic E-state index is 0.111. The van der Waals surface area contributed by atoms with Gasteiger partial charge in [0.25, 0.3) is 5.91 Å². The van der Waals surface area contributed by atoms with Crippen LogP contribution in [-0.4, -0.2) is 62.1 Å². The third-order valence-corrected chi connectivity index (χ3v) is 5.11. The lowest BCUT2D eigenvalue weighted by Gasteiger charge is -2.30. The van der Waals surface area contributed by atoms with Crippen molar-refractivity contribution < 1.29 is 19.8 Å². The Morgan fingerprint density at radius 1 is 1.14 bits per heavy atom. The van der Waals surface area contributed by atoms with Gasteiger partial charge in [0.15, 0.2) is 0 Å². The van der Waals surface area contributed by atoms with Crippen molar-refractivity contribution in [3.63, 3.8) is 0 Å². The molecule has 0 spiro atoms. The van der Waals surface area contributed by atoms with Crippen molar-refractivity contribution in [1.82, 2.24) is 19.6 Å². The summed E-state index contributed by atoms with van der Waals surface area (Å²) < 4.78 is 1.50. The summed E-state index contributed by atoms with van der Waals surface area (Å²) in [5.74, 6) is -1.45. The highest BCUT2D eigenvalue weighted by atomic mass is 16.4. The molecule has 1 aliphatic rings. The van der Waals surface area contributed by atoms with E-state index in [1.807, 2.05) is 12.1 Å². The summed E-state index contributed by atoms with van der Waals surface area (Å²) in [4.78, 5) is 29.8. The minimum Gasteiger partial charge on any atom is -0.478 e. The zero-order chi connectivity index (χ0) is 20.4.